The van der Waals surface area contributed by atoms with E-state index in [9.17, 15) is 0 Å². The Kier molecular flexibility index (Phi) is 3.48. The third kappa shape index (κ3) is 2.36. The molecule has 0 aromatic heterocycles. The van der Waals surface area contributed by atoms with Crippen LogP contribution in [-0.4, -0.2) is 12.4 Å². The lowest BCUT2D eigenvalue weighted by molar-refractivity contribution is 0.298. The lowest BCUT2D eigenvalue weighted by atomic mass is 10.0. The standard InChI is InChI=1S/C15H13ClOS/c16-13-6-2-3-7-14(13)17-9-11-10-18-15-8-4-1-5-12(11)15/h1-8,11H,9-10H2. The average molecular weight is 277 g/mol. The second-order valence-corrected chi connectivity index (χ2v) is 5.76. The Morgan fingerprint density at radius 1 is 1.11 bits per heavy atom. The van der Waals surface area contributed by atoms with Gasteiger partial charge in [0.1, 0.15) is 5.75 Å². The van der Waals surface area contributed by atoms with Crippen molar-refractivity contribution in [2.24, 2.45) is 0 Å². The van der Waals surface area contributed by atoms with E-state index in [1.54, 1.807) is 0 Å². The van der Waals surface area contributed by atoms with Crippen LogP contribution in [0.4, 0.5) is 0 Å². The minimum Gasteiger partial charge on any atom is -0.491 e. The highest BCUT2D eigenvalue weighted by Gasteiger charge is 2.23. The normalized spacial score (nSPS) is 17.5. The van der Waals surface area contributed by atoms with Crippen molar-refractivity contribution in [3.8, 4) is 5.75 Å². The molecule has 0 amide bonds. The molecule has 0 spiro atoms. The average Bonchev–Trinajstić information content (AvgIpc) is 2.81. The van der Waals surface area contributed by atoms with E-state index in [4.69, 9.17) is 16.3 Å². The van der Waals surface area contributed by atoms with Gasteiger partial charge < -0.3 is 4.74 Å². The van der Waals surface area contributed by atoms with E-state index in [-0.39, 0.29) is 0 Å². The molecule has 92 valence electrons. The molecule has 1 heterocycles. The van der Waals surface area contributed by atoms with Gasteiger partial charge in [0, 0.05) is 16.6 Å². The van der Waals surface area contributed by atoms with Gasteiger partial charge in [-0.25, -0.2) is 0 Å². The number of ether oxygens (including phenoxy) is 1. The second kappa shape index (κ2) is 5.25. The summed E-state index contributed by atoms with van der Waals surface area (Å²) >= 11 is 7.98. The molecule has 2 aromatic carbocycles. The van der Waals surface area contributed by atoms with Crippen molar-refractivity contribution in [3.63, 3.8) is 0 Å². The van der Waals surface area contributed by atoms with E-state index in [0.717, 1.165) is 11.5 Å². The minimum absolute atomic E-state index is 0.461. The molecular formula is C15H13ClOS. The van der Waals surface area contributed by atoms with Crippen LogP contribution in [0.15, 0.2) is 53.4 Å². The summed E-state index contributed by atoms with van der Waals surface area (Å²) < 4.78 is 5.83. The summed E-state index contributed by atoms with van der Waals surface area (Å²) in [5.74, 6) is 2.32. The van der Waals surface area contributed by atoms with E-state index in [1.807, 2.05) is 36.0 Å². The number of benzene rings is 2. The molecule has 3 rings (SSSR count). The Hall–Kier alpha value is -1.12. The zero-order chi connectivity index (χ0) is 12.4. The van der Waals surface area contributed by atoms with Gasteiger partial charge in [-0.05, 0) is 23.8 Å². The van der Waals surface area contributed by atoms with Gasteiger partial charge in [0.05, 0.1) is 11.6 Å². The summed E-state index contributed by atoms with van der Waals surface area (Å²) in [6.07, 6.45) is 0. The van der Waals surface area contributed by atoms with Crippen LogP contribution in [0, 0.1) is 0 Å². The fourth-order valence-electron chi connectivity index (χ4n) is 2.12. The molecule has 0 saturated heterocycles. The van der Waals surface area contributed by atoms with Gasteiger partial charge in [-0.1, -0.05) is 41.9 Å². The van der Waals surface area contributed by atoms with Gasteiger partial charge in [-0.3, -0.25) is 0 Å². The van der Waals surface area contributed by atoms with Gasteiger partial charge >= 0.3 is 0 Å². The Bertz CT molecular complexity index is 556. The SMILES string of the molecule is Clc1ccccc1OCC1CSc2ccccc21. The van der Waals surface area contributed by atoms with Crippen LogP contribution in [0.5, 0.6) is 5.75 Å². The van der Waals surface area contributed by atoms with Gasteiger partial charge in [0.25, 0.3) is 0 Å². The zero-order valence-corrected chi connectivity index (χ0v) is 11.4. The van der Waals surface area contributed by atoms with Crippen molar-refractivity contribution in [2.75, 3.05) is 12.4 Å². The molecule has 3 heteroatoms. The topological polar surface area (TPSA) is 9.23 Å². The molecule has 18 heavy (non-hydrogen) atoms. The third-order valence-electron chi connectivity index (χ3n) is 3.08. The van der Waals surface area contributed by atoms with Crippen molar-refractivity contribution < 1.29 is 4.74 Å². The van der Waals surface area contributed by atoms with Crippen LogP contribution in [0.25, 0.3) is 0 Å². The third-order valence-corrected chi connectivity index (χ3v) is 4.64. The Morgan fingerprint density at radius 2 is 1.89 bits per heavy atom. The molecule has 1 unspecified atom stereocenters. The largest absolute Gasteiger partial charge is 0.491 e. The van der Waals surface area contributed by atoms with Crippen molar-refractivity contribution in [3.05, 3.63) is 59.1 Å². The number of hydrogen-bond acceptors (Lipinski definition) is 2. The molecule has 0 saturated carbocycles. The molecule has 0 bridgehead atoms. The first kappa shape index (κ1) is 11.9. The molecule has 0 N–H and O–H groups in total. The van der Waals surface area contributed by atoms with Gasteiger partial charge in [0.15, 0.2) is 0 Å². The molecule has 1 nitrogen and oxygen atoms in total. The fourth-order valence-corrected chi connectivity index (χ4v) is 3.54. The van der Waals surface area contributed by atoms with Crippen LogP contribution in [0.1, 0.15) is 11.5 Å². The predicted octanol–water partition coefficient (Wildman–Crippen LogP) is 4.61. The smallest absolute Gasteiger partial charge is 0.137 e. The molecule has 1 atom stereocenters. The van der Waals surface area contributed by atoms with E-state index in [2.05, 4.69) is 24.3 Å². The van der Waals surface area contributed by atoms with Crippen molar-refractivity contribution >= 4 is 23.4 Å². The van der Waals surface area contributed by atoms with E-state index in [1.165, 1.54) is 10.5 Å². The number of halogens is 1. The number of para-hydroxylation sites is 1. The molecule has 0 fully saturated rings. The summed E-state index contributed by atoms with van der Waals surface area (Å²) in [5, 5.41) is 0.677. The Labute approximate surface area is 116 Å². The lowest BCUT2D eigenvalue weighted by Crippen LogP contribution is -2.09. The van der Waals surface area contributed by atoms with Crippen LogP contribution < -0.4 is 4.74 Å². The first-order valence-electron chi connectivity index (χ1n) is 5.93. The van der Waals surface area contributed by atoms with Crippen LogP contribution in [-0.2, 0) is 0 Å². The summed E-state index contributed by atoms with van der Waals surface area (Å²) in [7, 11) is 0. The van der Waals surface area contributed by atoms with E-state index >= 15 is 0 Å². The number of rotatable bonds is 3. The summed E-state index contributed by atoms with van der Waals surface area (Å²) in [6.45, 7) is 0.688. The molecule has 1 aliphatic rings. The van der Waals surface area contributed by atoms with E-state index in [0.29, 0.717) is 17.5 Å². The van der Waals surface area contributed by atoms with Gasteiger partial charge in [0.2, 0.25) is 0 Å². The fraction of sp³-hybridized carbons (Fsp3) is 0.200. The maximum atomic E-state index is 6.08. The quantitative estimate of drug-likeness (QED) is 0.810. The summed E-state index contributed by atoms with van der Waals surface area (Å²) in [6, 6.07) is 16.2. The van der Waals surface area contributed by atoms with Crippen LogP contribution in [0.3, 0.4) is 0 Å². The Morgan fingerprint density at radius 3 is 2.78 bits per heavy atom. The molecule has 2 aromatic rings. The predicted molar refractivity (Wildman–Crippen MR) is 76.9 cm³/mol. The molecule has 1 aliphatic heterocycles. The molecule has 0 aliphatic carbocycles. The highest BCUT2D eigenvalue weighted by molar-refractivity contribution is 7.99. The highest BCUT2D eigenvalue weighted by Crippen LogP contribution is 2.39. The van der Waals surface area contributed by atoms with Crippen LogP contribution in [0.2, 0.25) is 5.02 Å². The maximum Gasteiger partial charge on any atom is 0.137 e. The van der Waals surface area contributed by atoms with Gasteiger partial charge in [-0.15, -0.1) is 11.8 Å². The summed E-state index contributed by atoms with van der Waals surface area (Å²) in [5.41, 5.74) is 1.40. The summed E-state index contributed by atoms with van der Waals surface area (Å²) in [4.78, 5) is 1.38. The first-order chi connectivity index (χ1) is 8.84. The van der Waals surface area contributed by atoms with Crippen molar-refractivity contribution in [1.82, 2.24) is 0 Å². The monoisotopic (exact) mass is 276 g/mol. The van der Waals surface area contributed by atoms with E-state index < -0.39 is 0 Å². The number of thioether (sulfide) groups is 1. The van der Waals surface area contributed by atoms with Crippen molar-refractivity contribution in [2.45, 2.75) is 10.8 Å². The van der Waals surface area contributed by atoms with Gasteiger partial charge in [-0.2, -0.15) is 0 Å². The number of fused-ring (bicyclic) bond motifs is 1. The molecular weight excluding hydrogens is 264 g/mol. The second-order valence-electron chi connectivity index (χ2n) is 4.29. The lowest BCUT2D eigenvalue weighted by Gasteiger charge is -2.13. The highest BCUT2D eigenvalue weighted by atomic mass is 35.5. The Balaban J connectivity index is 1.71. The minimum atomic E-state index is 0.461. The van der Waals surface area contributed by atoms with Crippen LogP contribution >= 0.6 is 23.4 Å². The molecule has 0 radical (unpaired) electrons. The zero-order valence-electron chi connectivity index (χ0n) is 9.80. The number of hydrogen-bond donors (Lipinski definition) is 0. The first-order valence-corrected chi connectivity index (χ1v) is 7.30. The van der Waals surface area contributed by atoms with Crippen molar-refractivity contribution in [1.29, 1.82) is 0 Å². The maximum absolute atomic E-state index is 6.08.